The molecule has 0 radical (unpaired) electrons. The lowest BCUT2D eigenvalue weighted by molar-refractivity contribution is 0.574. The number of anilines is 1. The van der Waals surface area contributed by atoms with Crippen molar-refractivity contribution in [3.63, 3.8) is 0 Å². The van der Waals surface area contributed by atoms with E-state index in [-0.39, 0.29) is 5.25 Å². The summed E-state index contributed by atoms with van der Waals surface area (Å²) in [6, 6.07) is 9.18. The smallest absolute Gasteiger partial charge is 0.238 e. The van der Waals surface area contributed by atoms with Crippen LogP contribution < -0.4 is 10.0 Å². The molecule has 1 aromatic carbocycles. The fraction of sp³-hybridized carbons (Fsp3) is 0.500. The van der Waals surface area contributed by atoms with E-state index in [0.717, 1.165) is 25.7 Å². The van der Waals surface area contributed by atoms with Gasteiger partial charge in [0.05, 0.1) is 15.9 Å². The molecule has 1 aliphatic rings. The molecule has 1 aromatic rings. The molecular weight excluding hydrogens is 292 g/mol. The zero-order valence-corrected chi connectivity index (χ0v) is 13.0. The van der Waals surface area contributed by atoms with Gasteiger partial charge in [-0.25, -0.2) is 8.42 Å². The fourth-order valence-electron chi connectivity index (χ4n) is 2.58. The summed E-state index contributed by atoms with van der Waals surface area (Å²) in [5.74, 6) is 0. The third-order valence-electron chi connectivity index (χ3n) is 3.64. The monoisotopic (exact) mass is 312 g/mol. The lowest BCUT2D eigenvalue weighted by atomic mass is 10.3. The summed E-state index contributed by atoms with van der Waals surface area (Å²) in [5.41, 5.74) is 6.22. The number of rotatable bonds is 6. The van der Waals surface area contributed by atoms with Crippen molar-refractivity contribution in [3.05, 3.63) is 30.3 Å². The summed E-state index contributed by atoms with van der Waals surface area (Å²) in [5, 5.41) is -0.269. The average Bonchev–Trinajstić information content (AvgIpc) is 2.94. The molecule has 1 aliphatic carbocycles. The molecule has 110 valence electrons. The molecule has 0 aromatic heterocycles. The Bertz CT molecular complexity index is 552. The van der Waals surface area contributed by atoms with E-state index in [1.54, 1.807) is 0 Å². The number of thiocarbonyl (C=S) groups is 1. The van der Waals surface area contributed by atoms with Gasteiger partial charge in [-0.15, -0.1) is 0 Å². The van der Waals surface area contributed by atoms with Crippen LogP contribution in [0.25, 0.3) is 0 Å². The van der Waals surface area contributed by atoms with Crippen LogP contribution in [0.1, 0.15) is 32.1 Å². The molecule has 2 N–H and O–H groups in total. The topological polar surface area (TPSA) is 63.4 Å². The highest BCUT2D eigenvalue weighted by molar-refractivity contribution is 7.93. The van der Waals surface area contributed by atoms with Crippen LogP contribution in [0.15, 0.2) is 30.3 Å². The van der Waals surface area contributed by atoms with Gasteiger partial charge in [-0.3, -0.25) is 4.31 Å². The molecule has 1 fully saturated rings. The van der Waals surface area contributed by atoms with Crippen LogP contribution in [0.3, 0.4) is 0 Å². The van der Waals surface area contributed by atoms with Crippen molar-refractivity contribution in [2.24, 2.45) is 5.73 Å². The second-order valence-electron chi connectivity index (χ2n) is 5.08. The van der Waals surface area contributed by atoms with Crippen molar-refractivity contribution >= 4 is 32.9 Å². The van der Waals surface area contributed by atoms with E-state index >= 15 is 0 Å². The summed E-state index contributed by atoms with van der Waals surface area (Å²) in [7, 11) is -3.33. The minimum absolute atomic E-state index is 0.269. The van der Waals surface area contributed by atoms with Crippen LogP contribution in [0, 0.1) is 0 Å². The van der Waals surface area contributed by atoms with Crippen LogP contribution in [-0.2, 0) is 10.0 Å². The lowest BCUT2D eigenvalue weighted by Gasteiger charge is -2.27. The molecule has 0 unspecified atom stereocenters. The molecule has 6 heteroatoms. The van der Waals surface area contributed by atoms with Gasteiger partial charge in [0.15, 0.2) is 0 Å². The van der Waals surface area contributed by atoms with Gasteiger partial charge in [-0.05, 0) is 25.0 Å². The highest BCUT2D eigenvalue weighted by atomic mass is 32.2. The Labute approximate surface area is 126 Å². The van der Waals surface area contributed by atoms with Crippen LogP contribution in [-0.4, -0.2) is 25.2 Å². The Kier molecular flexibility index (Phi) is 4.99. The molecular formula is C14H20N2O2S2. The Hall–Kier alpha value is -1.14. The summed E-state index contributed by atoms with van der Waals surface area (Å²) >= 11 is 4.88. The highest BCUT2D eigenvalue weighted by Crippen LogP contribution is 2.30. The molecule has 4 nitrogen and oxygen atoms in total. The molecule has 0 amide bonds. The number of nitrogens with two attached hydrogens (primary N) is 1. The maximum absolute atomic E-state index is 12.8. The fourth-order valence-corrected chi connectivity index (χ4v) is 4.72. The first-order valence-corrected chi connectivity index (χ1v) is 8.78. The predicted octanol–water partition coefficient (Wildman–Crippen LogP) is 2.44. The quantitative estimate of drug-likeness (QED) is 0.820. The minimum Gasteiger partial charge on any atom is -0.393 e. The standard InChI is InChI=1S/C14H20N2O2S2/c15-14(19)10-11-16(12-6-2-1-3-7-12)20(17,18)13-8-4-5-9-13/h1-3,6-7,13H,4-5,8-11H2,(H2,15,19). The van der Waals surface area contributed by atoms with Gasteiger partial charge in [0.2, 0.25) is 10.0 Å². The Balaban J connectivity index is 2.28. The zero-order chi connectivity index (χ0) is 14.6. The number of hydrogen-bond donors (Lipinski definition) is 1. The highest BCUT2D eigenvalue weighted by Gasteiger charge is 2.34. The first-order chi connectivity index (χ1) is 9.51. The second kappa shape index (κ2) is 6.54. The molecule has 20 heavy (non-hydrogen) atoms. The summed E-state index contributed by atoms with van der Waals surface area (Å²) in [6.45, 7) is 0.318. The van der Waals surface area contributed by atoms with Gasteiger partial charge in [0.1, 0.15) is 0 Å². The third-order valence-corrected chi connectivity index (χ3v) is 6.16. The maximum atomic E-state index is 12.8. The number of para-hydroxylation sites is 1. The van der Waals surface area contributed by atoms with Gasteiger partial charge in [-0.2, -0.15) is 0 Å². The largest absolute Gasteiger partial charge is 0.393 e. The number of nitrogens with zero attached hydrogens (tertiary/aromatic N) is 1. The zero-order valence-electron chi connectivity index (χ0n) is 11.4. The van der Waals surface area contributed by atoms with Gasteiger partial charge in [0.25, 0.3) is 0 Å². The molecule has 0 aliphatic heterocycles. The predicted molar refractivity (Wildman–Crippen MR) is 86.4 cm³/mol. The van der Waals surface area contributed by atoms with Crippen molar-refractivity contribution in [1.29, 1.82) is 0 Å². The number of hydrogen-bond acceptors (Lipinski definition) is 3. The van der Waals surface area contributed by atoms with Crippen LogP contribution in [0.2, 0.25) is 0 Å². The maximum Gasteiger partial charge on any atom is 0.238 e. The van der Waals surface area contributed by atoms with Gasteiger partial charge < -0.3 is 5.73 Å². The first kappa shape index (κ1) is 15.3. The van der Waals surface area contributed by atoms with Gasteiger partial charge in [-0.1, -0.05) is 43.3 Å². The van der Waals surface area contributed by atoms with E-state index in [1.807, 2.05) is 30.3 Å². The van der Waals surface area contributed by atoms with Crippen molar-refractivity contribution in [2.45, 2.75) is 37.4 Å². The van der Waals surface area contributed by atoms with Crippen molar-refractivity contribution < 1.29 is 8.42 Å². The Morgan fingerprint density at radius 2 is 1.85 bits per heavy atom. The summed E-state index contributed by atoms with van der Waals surface area (Å²) < 4.78 is 27.0. The third kappa shape index (κ3) is 3.49. The van der Waals surface area contributed by atoms with E-state index in [9.17, 15) is 8.42 Å². The van der Waals surface area contributed by atoms with E-state index in [2.05, 4.69) is 0 Å². The summed E-state index contributed by atoms with van der Waals surface area (Å²) in [4.78, 5) is 0.340. The van der Waals surface area contributed by atoms with Crippen molar-refractivity contribution in [3.8, 4) is 0 Å². The second-order valence-corrected chi connectivity index (χ2v) is 7.74. The average molecular weight is 312 g/mol. The molecule has 0 bridgehead atoms. The normalized spacial score (nSPS) is 16.2. The van der Waals surface area contributed by atoms with E-state index < -0.39 is 10.0 Å². The number of sulfonamides is 1. The molecule has 1 saturated carbocycles. The Morgan fingerprint density at radius 1 is 1.25 bits per heavy atom. The van der Waals surface area contributed by atoms with E-state index in [1.165, 1.54) is 4.31 Å². The molecule has 0 saturated heterocycles. The van der Waals surface area contributed by atoms with Crippen LogP contribution >= 0.6 is 12.2 Å². The first-order valence-electron chi connectivity index (χ1n) is 6.86. The van der Waals surface area contributed by atoms with Crippen LogP contribution in [0.5, 0.6) is 0 Å². The van der Waals surface area contributed by atoms with Crippen LogP contribution in [0.4, 0.5) is 5.69 Å². The van der Waals surface area contributed by atoms with E-state index in [0.29, 0.717) is 23.6 Å². The SMILES string of the molecule is NC(=S)CCN(c1ccccc1)S(=O)(=O)C1CCCC1. The Morgan fingerprint density at radius 3 is 2.40 bits per heavy atom. The van der Waals surface area contributed by atoms with Gasteiger partial charge >= 0.3 is 0 Å². The molecule has 2 rings (SSSR count). The van der Waals surface area contributed by atoms with Crippen molar-refractivity contribution in [2.75, 3.05) is 10.8 Å². The van der Waals surface area contributed by atoms with E-state index in [4.69, 9.17) is 18.0 Å². The molecule has 0 spiro atoms. The molecule has 0 heterocycles. The number of benzene rings is 1. The summed E-state index contributed by atoms with van der Waals surface area (Å²) in [6.07, 6.45) is 3.87. The van der Waals surface area contributed by atoms with Gasteiger partial charge in [0, 0.05) is 13.0 Å². The molecule has 0 atom stereocenters. The lowest BCUT2D eigenvalue weighted by Crippen LogP contribution is -2.39. The minimum atomic E-state index is -3.33. The van der Waals surface area contributed by atoms with Crippen molar-refractivity contribution in [1.82, 2.24) is 0 Å².